The molecule has 1 aromatic heterocycles. The topological polar surface area (TPSA) is 25.2 Å². The van der Waals surface area contributed by atoms with Crippen LogP contribution in [-0.4, -0.2) is 9.67 Å². The fourth-order valence-corrected chi connectivity index (χ4v) is 1.68. The Labute approximate surface area is 86.6 Å². The van der Waals surface area contributed by atoms with Gasteiger partial charge in [-0.15, -0.1) is 0 Å². The molecule has 0 saturated carbocycles. The molecular formula is C12H21NO. The summed E-state index contributed by atoms with van der Waals surface area (Å²) in [6.45, 7) is 7.32. The van der Waals surface area contributed by atoms with Gasteiger partial charge in [-0.3, -0.25) is 0 Å². The van der Waals surface area contributed by atoms with Crippen LogP contribution in [0.3, 0.4) is 0 Å². The molecular weight excluding hydrogens is 174 g/mol. The molecule has 0 radical (unpaired) electrons. The van der Waals surface area contributed by atoms with Crippen molar-refractivity contribution in [2.75, 3.05) is 0 Å². The van der Waals surface area contributed by atoms with Crippen molar-refractivity contribution < 1.29 is 5.11 Å². The van der Waals surface area contributed by atoms with Gasteiger partial charge in [0, 0.05) is 18.4 Å². The van der Waals surface area contributed by atoms with Gasteiger partial charge in [-0.2, -0.15) is 0 Å². The lowest BCUT2D eigenvalue weighted by Gasteiger charge is -2.11. The highest BCUT2D eigenvalue weighted by atomic mass is 16.3. The molecule has 0 aliphatic carbocycles. The van der Waals surface area contributed by atoms with Crippen LogP contribution in [0, 0.1) is 5.92 Å². The van der Waals surface area contributed by atoms with Crippen molar-refractivity contribution in [1.82, 2.24) is 4.57 Å². The van der Waals surface area contributed by atoms with E-state index < -0.39 is 0 Å². The van der Waals surface area contributed by atoms with Crippen molar-refractivity contribution in [2.45, 2.75) is 46.3 Å². The average Bonchev–Trinajstić information content (AvgIpc) is 2.51. The molecule has 0 aliphatic heterocycles. The number of aliphatic hydroxyl groups is 1. The summed E-state index contributed by atoms with van der Waals surface area (Å²) in [4.78, 5) is 0. The molecule has 2 heteroatoms. The normalized spacial score (nSPS) is 13.5. The van der Waals surface area contributed by atoms with Crippen LogP contribution in [-0.2, 0) is 6.54 Å². The van der Waals surface area contributed by atoms with Crippen molar-refractivity contribution in [3.63, 3.8) is 0 Å². The molecule has 0 spiro atoms. The molecule has 0 aliphatic rings. The minimum atomic E-state index is -0.357. The summed E-state index contributed by atoms with van der Waals surface area (Å²) in [7, 11) is 0. The van der Waals surface area contributed by atoms with Gasteiger partial charge in [0.1, 0.15) is 0 Å². The molecule has 1 aromatic rings. The lowest BCUT2D eigenvalue weighted by atomic mass is 10.1. The van der Waals surface area contributed by atoms with Crippen molar-refractivity contribution >= 4 is 0 Å². The fraction of sp³-hybridized carbons (Fsp3) is 0.667. The third-order valence-corrected chi connectivity index (χ3v) is 2.47. The second-order valence-corrected chi connectivity index (χ2v) is 4.34. The number of aliphatic hydroxyl groups excluding tert-OH is 1. The Hall–Kier alpha value is -0.760. The molecule has 1 rings (SSSR count). The van der Waals surface area contributed by atoms with E-state index in [-0.39, 0.29) is 6.10 Å². The molecule has 1 heterocycles. The highest BCUT2D eigenvalue weighted by Gasteiger charge is 2.05. The van der Waals surface area contributed by atoms with E-state index in [9.17, 15) is 5.11 Å². The Bertz CT molecular complexity index is 263. The maximum absolute atomic E-state index is 9.48. The summed E-state index contributed by atoms with van der Waals surface area (Å²) in [5.41, 5.74) is 1.02. The van der Waals surface area contributed by atoms with E-state index in [2.05, 4.69) is 18.4 Å². The summed E-state index contributed by atoms with van der Waals surface area (Å²) in [5.74, 6) is 0.764. The first-order valence-corrected chi connectivity index (χ1v) is 5.44. The molecule has 0 amide bonds. The number of rotatable bonds is 5. The van der Waals surface area contributed by atoms with Crippen molar-refractivity contribution in [1.29, 1.82) is 0 Å². The van der Waals surface area contributed by atoms with E-state index in [1.165, 1.54) is 12.8 Å². The van der Waals surface area contributed by atoms with Crippen LogP contribution in [0.2, 0.25) is 0 Å². The quantitative estimate of drug-likeness (QED) is 0.767. The van der Waals surface area contributed by atoms with Gasteiger partial charge < -0.3 is 9.67 Å². The molecule has 0 saturated heterocycles. The van der Waals surface area contributed by atoms with Crippen LogP contribution in [0.15, 0.2) is 18.3 Å². The summed E-state index contributed by atoms with van der Waals surface area (Å²) >= 11 is 0. The molecule has 80 valence electrons. The maximum Gasteiger partial charge on any atom is 0.0911 e. The zero-order valence-electron chi connectivity index (χ0n) is 9.40. The average molecular weight is 195 g/mol. The van der Waals surface area contributed by atoms with Crippen LogP contribution in [0.4, 0.5) is 0 Å². The zero-order valence-corrected chi connectivity index (χ0v) is 9.40. The molecule has 2 nitrogen and oxygen atoms in total. The van der Waals surface area contributed by atoms with Crippen molar-refractivity contribution in [3.8, 4) is 0 Å². The van der Waals surface area contributed by atoms with E-state index >= 15 is 0 Å². The van der Waals surface area contributed by atoms with Gasteiger partial charge in [-0.1, -0.05) is 13.8 Å². The SMILES string of the molecule is CC(C)CCCn1cccc1C(C)O. The first-order chi connectivity index (χ1) is 6.61. The smallest absolute Gasteiger partial charge is 0.0911 e. The second kappa shape index (κ2) is 5.20. The monoisotopic (exact) mass is 195 g/mol. The third-order valence-electron chi connectivity index (χ3n) is 2.47. The zero-order chi connectivity index (χ0) is 10.6. The lowest BCUT2D eigenvalue weighted by molar-refractivity contribution is 0.188. The van der Waals surface area contributed by atoms with E-state index in [0.29, 0.717) is 0 Å². The van der Waals surface area contributed by atoms with Crippen molar-refractivity contribution in [3.05, 3.63) is 24.0 Å². The predicted molar refractivity (Wildman–Crippen MR) is 59.1 cm³/mol. The Balaban J connectivity index is 2.46. The summed E-state index contributed by atoms with van der Waals surface area (Å²) in [6.07, 6.45) is 4.12. The van der Waals surface area contributed by atoms with Crippen LogP contribution < -0.4 is 0 Å². The Morgan fingerprint density at radius 3 is 2.64 bits per heavy atom. The van der Waals surface area contributed by atoms with Crippen molar-refractivity contribution in [2.24, 2.45) is 5.92 Å². The van der Waals surface area contributed by atoms with E-state index in [1.807, 2.05) is 25.3 Å². The minimum Gasteiger partial charge on any atom is -0.387 e. The Kier molecular flexibility index (Phi) is 4.21. The van der Waals surface area contributed by atoms with Gasteiger partial charge in [0.2, 0.25) is 0 Å². The standard InChI is InChI=1S/C12H21NO/c1-10(2)6-4-8-13-9-5-7-12(13)11(3)14/h5,7,9-11,14H,4,6,8H2,1-3H3. The molecule has 0 fully saturated rings. The van der Waals surface area contributed by atoms with Gasteiger partial charge in [0.05, 0.1) is 6.10 Å². The number of aryl methyl sites for hydroxylation is 1. The highest BCUT2D eigenvalue weighted by molar-refractivity contribution is 5.09. The number of nitrogens with zero attached hydrogens (tertiary/aromatic N) is 1. The number of aromatic nitrogens is 1. The number of hydrogen-bond acceptors (Lipinski definition) is 1. The Morgan fingerprint density at radius 2 is 2.07 bits per heavy atom. The molecule has 1 unspecified atom stereocenters. The van der Waals surface area contributed by atoms with Crippen LogP contribution in [0.25, 0.3) is 0 Å². The molecule has 0 aromatic carbocycles. The van der Waals surface area contributed by atoms with Crippen LogP contribution >= 0.6 is 0 Å². The fourth-order valence-electron chi connectivity index (χ4n) is 1.68. The minimum absolute atomic E-state index is 0.357. The molecule has 1 atom stereocenters. The molecule has 0 bridgehead atoms. The molecule has 14 heavy (non-hydrogen) atoms. The van der Waals surface area contributed by atoms with Gasteiger partial charge in [-0.05, 0) is 37.8 Å². The predicted octanol–water partition coefficient (Wildman–Crippen LogP) is 2.98. The Morgan fingerprint density at radius 1 is 1.36 bits per heavy atom. The number of hydrogen-bond donors (Lipinski definition) is 1. The van der Waals surface area contributed by atoms with E-state index in [4.69, 9.17) is 0 Å². The first kappa shape index (κ1) is 11.3. The van der Waals surface area contributed by atoms with E-state index in [1.54, 1.807) is 0 Å². The van der Waals surface area contributed by atoms with Crippen LogP contribution in [0.5, 0.6) is 0 Å². The van der Waals surface area contributed by atoms with E-state index in [0.717, 1.165) is 18.2 Å². The lowest BCUT2D eigenvalue weighted by Crippen LogP contribution is -2.05. The van der Waals surface area contributed by atoms with Gasteiger partial charge in [-0.25, -0.2) is 0 Å². The largest absolute Gasteiger partial charge is 0.387 e. The third kappa shape index (κ3) is 3.18. The summed E-state index contributed by atoms with van der Waals surface area (Å²) in [6, 6.07) is 3.98. The summed E-state index contributed by atoms with van der Waals surface area (Å²) < 4.78 is 2.15. The first-order valence-electron chi connectivity index (χ1n) is 5.44. The second-order valence-electron chi connectivity index (χ2n) is 4.34. The van der Waals surface area contributed by atoms with Crippen LogP contribution in [0.1, 0.15) is 45.4 Å². The highest BCUT2D eigenvalue weighted by Crippen LogP contribution is 2.14. The van der Waals surface area contributed by atoms with Gasteiger partial charge in [0.15, 0.2) is 0 Å². The maximum atomic E-state index is 9.48. The molecule has 1 N–H and O–H groups in total. The summed E-state index contributed by atoms with van der Waals surface area (Å²) in [5, 5.41) is 9.48. The van der Waals surface area contributed by atoms with Gasteiger partial charge >= 0.3 is 0 Å². The van der Waals surface area contributed by atoms with Gasteiger partial charge in [0.25, 0.3) is 0 Å².